The van der Waals surface area contributed by atoms with Crippen LogP contribution in [0.1, 0.15) is 11.1 Å². The Morgan fingerprint density at radius 2 is 1.91 bits per heavy atom. The first-order valence-corrected chi connectivity index (χ1v) is 8.00. The molecule has 0 spiro atoms. The number of nitrogens with zero attached hydrogens (tertiary/aromatic N) is 3. The molecule has 3 rings (SSSR count). The summed E-state index contributed by atoms with van der Waals surface area (Å²) in [6.45, 7) is 2.73. The predicted molar refractivity (Wildman–Crippen MR) is 95.8 cm³/mol. The van der Waals surface area contributed by atoms with Crippen LogP contribution in [0.4, 0.5) is 17.5 Å². The lowest BCUT2D eigenvalue weighted by Crippen LogP contribution is -2.06. The van der Waals surface area contributed by atoms with Gasteiger partial charge in [-0.25, -0.2) is 0 Å². The molecule has 5 nitrogen and oxygen atoms in total. The van der Waals surface area contributed by atoms with Crippen LogP contribution in [0.3, 0.4) is 0 Å². The lowest BCUT2D eigenvalue weighted by atomic mass is 10.1. The molecule has 23 heavy (non-hydrogen) atoms. The fourth-order valence-corrected chi connectivity index (χ4v) is 2.39. The Labute approximate surface area is 143 Å². The summed E-state index contributed by atoms with van der Waals surface area (Å²) in [4.78, 5) is 4.42. The fourth-order valence-electron chi connectivity index (χ4n) is 2.12. The highest BCUT2D eigenvalue weighted by atomic mass is 79.9. The van der Waals surface area contributed by atoms with E-state index in [9.17, 15) is 0 Å². The summed E-state index contributed by atoms with van der Waals surface area (Å²) < 4.78 is 1.03. The van der Waals surface area contributed by atoms with Crippen molar-refractivity contribution in [1.82, 2.24) is 15.2 Å². The monoisotopic (exact) mass is 369 g/mol. The zero-order chi connectivity index (χ0) is 16.1. The molecule has 0 unspecified atom stereocenters. The second-order valence-corrected chi connectivity index (χ2v) is 6.06. The van der Waals surface area contributed by atoms with Gasteiger partial charge in [0.1, 0.15) is 0 Å². The SMILES string of the molecule is Cc1cccc(CNc2nncc(Nc3ccc(Br)cc3)n2)c1. The first-order chi connectivity index (χ1) is 11.2. The Morgan fingerprint density at radius 1 is 1.09 bits per heavy atom. The van der Waals surface area contributed by atoms with Crippen LogP contribution in [0.5, 0.6) is 0 Å². The molecule has 0 saturated carbocycles. The average molecular weight is 370 g/mol. The molecule has 3 aromatic rings. The molecular formula is C17H16BrN5. The maximum atomic E-state index is 4.42. The Bertz CT molecular complexity index is 789. The van der Waals surface area contributed by atoms with E-state index >= 15 is 0 Å². The van der Waals surface area contributed by atoms with Crippen LogP contribution in [0, 0.1) is 6.92 Å². The van der Waals surface area contributed by atoms with E-state index in [1.54, 1.807) is 6.20 Å². The van der Waals surface area contributed by atoms with E-state index in [1.165, 1.54) is 11.1 Å². The van der Waals surface area contributed by atoms with Gasteiger partial charge in [-0.1, -0.05) is 45.8 Å². The molecule has 116 valence electrons. The number of hydrogen-bond acceptors (Lipinski definition) is 5. The van der Waals surface area contributed by atoms with Crippen molar-refractivity contribution in [3.63, 3.8) is 0 Å². The first-order valence-electron chi connectivity index (χ1n) is 7.21. The molecule has 0 radical (unpaired) electrons. The van der Waals surface area contributed by atoms with Crippen LogP contribution >= 0.6 is 15.9 Å². The minimum absolute atomic E-state index is 0.494. The summed E-state index contributed by atoms with van der Waals surface area (Å²) in [5.74, 6) is 1.14. The molecule has 0 atom stereocenters. The van der Waals surface area contributed by atoms with Gasteiger partial charge in [0.25, 0.3) is 0 Å². The minimum Gasteiger partial charge on any atom is -0.349 e. The van der Waals surface area contributed by atoms with Crippen molar-refractivity contribution in [3.05, 3.63) is 70.3 Å². The third kappa shape index (κ3) is 4.50. The van der Waals surface area contributed by atoms with Crippen LogP contribution in [0.2, 0.25) is 0 Å². The van der Waals surface area contributed by atoms with Gasteiger partial charge in [-0.2, -0.15) is 10.1 Å². The highest BCUT2D eigenvalue weighted by Crippen LogP contribution is 2.18. The van der Waals surface area contributed by atoms with Gasteiger partial charge in [-0.05, 0) is 36.8 Å². The lowest BCUT2D eigenvalue weighted by Gasteiger charge is -2.08. The summed E-state index contributed by atoms with van der Waals surface area (Å²) in [5.41, 5.74) is 3.35. The quantitative estimate of drug-likeness (QED) is 0.701. The van der Waals surface area contributed by atoms with Crippen molar-refractivity contribution in [2.45, 2.75) is 13.5 Å². The topological polar surface area (TPSA) is 62.7 Å². The first kappa shape index (κ1) is 15.4. The van der Waals surface area contributed by atoms with Crippen molar-refractivity contribution in [3.8, 4) is 0 Å². The van der Waals surface area contributed by atoms with Crippen LogP contribution in [0.25, 0.3) is 0 Å². The molecule has 6 heteroatoms. The molecule has 1 aromatic heterocycles. The summed E-state index contributed by atoms with van der Waals surface area (Å²) in [6, 6.07) is 16.2. The zero-order valence-corrected chi connectivity index (χ0v) is 14.2. The minimum atomic E-state index is 0.494. The maximum absolute atomic E-state index is 4.42. The number of anilines is 3. The van der Waals surface area contributed by atoms with E-state index in [0.717, 1.165) is 10.2 Å². The lowest BCUT2D eigenvalue weighted by molar-refractivity contribution is 0.948. The second-order valence-electron chi connectivity index (χ2n) is 5.14. The van der Waals surface area contributed by atoms with Crippen molar-refractivity contribution in [2.24, 2.45) is 0 Å². The summed E-state index contributed by atoms with van der Waals surface area (Å²) in [6.07, 6.45) is 1.60. The standard InChI is InChI=1S/C17H16BrN5/c1-12-3-2-4-13(9-12)10-19-17-22-16(11-20-23-17)21-15-7-5-14(18)6-8-15/h2-9,11H,10H2,1H3,(H2,19,21,22,23). The van der Waals surface area contributed by atoms with Crippen LogP contribution in [0.15, 0.2) is 59.2 Å². The second kappa shape index (κ2) is 7.19. The molecule has 0 fully saturated rings. The number of halogens is 1. The number of aromatic nitrogens is 3. The molecule has 2 N–H and O–H groups in total. The highest BCUT2D eigenvalue weighted by Gasteiger charge is 2.02. The maximum Gasteiger partial charge on any atom is 0.244 e. The van der Waals surface area contributed by atoms with Crippen molar-refractivity contribution < 1.29 is 0 Å². The Kier molecular flexibility index (Phi) is 4.83. The van der Waals surface area contributed by atoms with Crippen LogP contribution in [-0.4, -0.2) is 15.2 Å². The molecule has 0 aliphatic carbocycles. The molecule has 0 aliphatic heterocycles. The molecule has 0 bridgehead atoms. The average Bonchev–Trinajstić information content (AvgIpc) is 2.56. The normalized spacial score (nSPS) is 10.3. The largest absolute Gasteiger partial charge is 0.349 e. The third-order valence-electron chi connectivity index (χ3n) is 3.21. The number of aryl methyl sites for hydroxylation is 1. The molecule has 2 aromatic carbocycles. The van der Waals surface area contributed by atoms with Gasteiger partial charge in [0.2, 0.25) is 5.95 Å². The van der Waals surface area contributed by atoms with Crippen LogP contribution in [-0.2, 0) is 6.54 Å². The highest BCUT2D eigenvalue weighted by molar-refractivity contribution is 9.10. The van der Waals surface area contributed by atoms with E-state index in [4.69, 9.17) is 0 Å². The van der Waals surface area contributed by atoms with Gasteiger partial charge < -0.3 is 10.6 Å². The van der Waals surface area contributed by atoms with Gasteiger partial charge in [0.15, 0.2) is 5.82 Å². The number of rotatable bonds is 5. The van der Waals surface area contributed by atoms with E-state index in [0.29, 0.717) is 18.3 Å². The van der Waals surface area contributed by atoms with Crippen molar-refractivity contribution >= 4 is 33.4 Å². The molecular weight excluding hydrogens is 354 g/mol. The zero-order valence-electron chi connectivity index (χ0n) is 12.6. The van der Waals surface area contributed by atoms with E-state index in [-0.39, 0.29) is 0 Å². The molecule has 0 aliphatic rings. The fraction of sp³-hybridized carbons (Fsp3) is 0.118. The Balaban J connectivity index is 1.66. The summed E-state index contributed by atoms with van der Waals surface area (Å²) in [5, 5.41) is 14.4. The summed E-state index contributed by atoms with van der Waals surface area (Å²) >= 11 is 3.41. The van der Waals surface area contributed by atoms with Gasteiger partial charge in [-0.3, -0.25) is 0 Å². The Morgan fingerprint density at radius 3 is 2.70 bits per heavy atom. The molecule has 0 amide bonds. The Hall–Kier alpha value is -2.47. The number of benzene rings is 2. The summed E-state index contributed by atoms with van der Waals surface area (Å²) in [7, 11) is 0. The smallest absolute Gasteiger partial charge is 0.244 e. The van der Waals surface area contributed by atoms with Gasteiger partial charge in [0, 0.05) is 16.7 Å². The van der Waals surface area contributed by atoms with E-state index < -0.39 is 0 Å². The van der Waals surface area contributed by atoms with E-state index in [2.05, 4.69) is 66.9 Å². The number of hydrogen-bond donors (Lipinski definition) is 2. The van der Waals surface area contributed by atoms with Crippen LogP contribution < -0.4 is 10.6 Å². The molecule has 1 heterocycles. The predicted octanol–water partition coefficient (Wildman–Crippen LogP) is 4.30. The van der Waals surface area contributed by atoms with E-state index in [1.807, 2.05) is 30.3 Å². The van der Waals surface area contributed by atoms with Gasteiger partial charge >= 0.3 is 0 Å². The van der Waals surface area contributed by atoms with Gasteiger partial charge in [0.05, 0.1) is 6.20 Å². The van der Waals surface area contributed by atoms with Crippen molar-refractivity contribution in [1.29, 1.82) is 0 Å². The number of nitrogens with one attached hydrogen (secondary N) is 2. The van der Waals surface area contributed by atoms with Gasteiger partial charge in [-0.15, -0.1) is 5.10 Å². The third-order valence-corrected chi connectivity index (χ3v) is 3.74. The van der Waals surface area contributed by atoms with Crippen molar-refractivity contribution in [2.75, 3.05) is 10.6 Å². The molecule has 0 saturated heterocycles.